The molecule has 1 unspecified atom stereocenters. The second kappa shape index (κ2) is 6.03. The summed E-state index contributed by atoms with van der Waals surface area (Å²) in [7, 11) is -0.685. The zero-order valence-electron chi connectivity index (χ0n) is 13.8. The lowest BCUT2D eigenvalue weighted by Gasteiger charge is -2.32. The van der Waals surface area contributed by atoms with Crippen LogP contribution in [-0.4, -0.2) is 42.4 Å². The van der Waals surface area contributed by atoms with Crippen LogP contribution in [-0.2, 0) is 9.31 Å². The normalized spacial score (nSPS) is 20.7. The predicted octanol–water partition coefficient (Wildman–Crippen LogP) is 1.56. The van der Waals surface area contributed by atoms with Crippen molar-refractivity contribution in [2.45, 2.75) is 51.9 Å². The number of aliphatic hydroxyl groups excluding tert-OH is 1. The average Bonchev–Trinajstić information content (AvgIpc) is 2.64. The minimum absolute atomic E-state index is 0.134. The SMILES string of the molecule is CC(O)COc1cccc(C=O)c1B1OC(C)(C)C(C)(C)O1. The van der Waals surface area contributed by atoms with Gasteiger partial charge in [-0.25, -0.2) is 0 Å². The van der Waals surface area contributed by atoms with Crippen molar-refractivity contribution >= 4 is 18.9 Å². The molecule has 1 aliphatic heterocycles. The summed E-state index contributed by atoms with van der Waals surface area (Å²) in [5.41, 5.74) is 0.0168. The number of hydrogen-bond acceptors (Lipinski definition) is 5. The third-order valence-corrected chi connectivity index (χ3v) is 4.20. The monoisotopic (exact) mass is 306 g/mol. The summed E-state index contributed by atoms with van der Waals surface area (Å²) >= 11 is 0. The summed E-state index contributed by atoms with van der Waals surface area (Å²) in [6.07, 6.45) is 0.154. The van der Waals surface area contributed by atoms with E-state index in [2.05, 4.69) is 0 Å². The van der Waals surface area contributed by atoms with Crippen LogP contribution in [0.1, 0.15) is 45.0 Å². The van der Waals surface area contributed by atoms with Gasteiger partial charge in [-0.1, -0.05) is 12.1 Å². The van der Waals surface area contributed by atoms with Gasteiger partial charge in [-0.05, 0) is 40.7 Å². The maximum atomic E-state index is 11.4. The van der Waals surface area contributed by atoms with Crippen LogP contribution in [0.3, 0.4) is 0 Å². The number of benzene rings is 1. The first kappa shape index (κ1) is 17.0. The third kappa shape index (κ3) is 3.19. The Kier molecular flexibility index (Phi) is 4.66. The molecule has 5 nitrogen and oxygen atoms in total. The first-order chi connectivity index (χ1) is 10.2. The Morgan fingerprint density at radius 1 is 1.27 bits per heavy atom. The molecular weight excluding hydrogens is 283 g/mol. The van der Waals surface area contributed by atoms with Crippen molar-refractivity contribution in [2.75, 3.05) is 6.61 Å². The molecule has 0 spiro atoms. The van der Waals surface area contributed by atoms with Gasteiger partial charge in [-0.2, -0.15) is 0 Å². The first-order valence-electron chi connectivity index (χ1n) is 7.42. The van der Waals surface area contributed by atoms with Crippen molar-refractivity contribution in [3.8, 4) is 5.75 Å². The Labute approximate surface area is 131 Å². The summed E-state index contributed by atoms with van der Waals surface area (Å²) in [5.74, 6) is 0.490. The lowest BCUT2D eigenvalue weighted by atomic mass is 9.75. The standard InChI is InChI=1S/C16H23BO5/c1-11(19)10-20-13-8-6-7-12(9-18)14(13)17-21-15(2,3)16(4,5)22-17/h6-9,11,19H,10H2,1-5H3. The number of aliphatic hydroxyl groups is 1. The molecule has 0 radical (unpaired) electrons. The summed E-state index contributed by atoms with van der Waals surface area (Å²) in [4.78, 5) is 11.4. The second-order valence-electron chi connectivity index (χ2n) is 6.63. The highest BCUT2D eigenvalue weighted by Gasteiger charge is 2.53. The zero-order chi connectivity index (χ0) is 16.5. The van der Waals surface area contributed by atoms with Crippen molar-refractivity contribution in [1.82, 2.24) is 0 Å². The minimum atomic E-state index is -0.685. The topological polar surface area (TPSA) is 65.0 Å². The number of aldehydes is 1. The number of rotatable bonds is 5. The van der Waals surface area contributed by atoms with E-state index in [1.807, 2.05) is 27.7 Å². The van der Waals surface area contributed by atoms with Gasteiger partial charge in [-0.3, -0.25) is 4.79 Å². The Morgan fingerprint density at radius 2 is 1.86 bits per heavy atom. The molecule has 0 bridgehead atoms. The Hall–Kier alpha value is -1.37. The van der Waals surface area contributed by atoms with E-state index < -0.39 is 24.4 Å². The fourth-order valence-corrected chi connectivity index (χ4v) is 2.21. The number of carbonyl (C=O) groups is 1. The van der Waals surface area contributed by atoms with Gasteiger partial charge in [0, 0.05) is 11.0 Å². The van der Waals surface area contributed by atoms with Gasteiger partial charge in [-0.15, -0.1) is 0 Å². The van der Waals surface area contributed by atoms with Crippen molar-refractivity contribution in [2.24, 2.45) is 0 Å². The molecule has 1 aromatic rings. The molecule has 1 aromatic carbocycles. The molecule has 1 atom stereocenters. The number of carbonyl (C=O) groups excluding carboxylic acids is 1. The van der Waals surface area contributed by atoms with Gasteiger partial charge in [0.05, 0.1) is 17.3 Å². The smallest absolute Gasteiger partial charge is 0.491 e. The van der Waals surface area contributed by atoms with Gasteiger partial charge >= 0.3 is 7.12 Å². The number of hydrogen-bond donors (Lipinski definition) is 1. The molecule has 6 heteroatoms. The zero-order valence-corrected chi connectivity index (χ0v) is 13.8. The highest BCUT2D eigenvalue weighted by Crippen LogP contribution is 2.37. The van der Waals surface area contributed by atoms with E-state index >= 15 is 0 Å². The third-order valence-electron chi connectivity index (χ3n) is 4.20. The molecule has 120 valence electrons. The average molecular weight is 306 g/mol. The van der Waals surface area contributed by atoms with E-state index in [-0.39, 0.29) is 6.61 Å². The van der Waals surface area contributed by atoms with Gasteiger partial charge in [0.2, 0.25) is 0 Å². The highest BCUT2D eigenvalue weighted by atomic mass is 16.7. The molecule has 1 fully saturated rings. The molecule has 22 heavy (non-hydrogen) atoms. The van der Waals surface area contributed by atoms with Crippen LogP contribution in [0.15, 0.2) is 18.2 Å². The maximum absolute atomic E-state index is 11.4. The van der Waals surface area contributed by atoms with Crippen LogP contribution < -0.4 is 10.2 Å². The van der Waals surface area contributed by atoms with Crippen molar-refractivity contribution < 1.29 is 23.9 Å². The van der Waals surface area contributed by atoms with Crippen molar-refractivity contribution in [3.05, 3.63) is 23.8 Å². The van der Waals surface area contributed by atoms with Crippen LogP contribution in [0.5, 0.6) is 5.75 Å². The quantitative estimate of drug-likeness (QED) is 0.660. The molecule has 1 heterocycles. The van der Waals surface area contributed by atoms with E-state index in [0.717, 1.165) is 6.29 Å². The largest absolute Gasteiger partial charge is 0.499 e. The molecule has 1 aliphatic rings. The van der Waals surface area contributed by atoms with Gasteiger partial charge in [0.25, 0.3) is 0 Å². The lowest BCUT2D eigenvalue weighted by Crippen LogP contribution is -2.41. The van der Waals surface area contributed by atoms with Crippen LogP contribution in [0.25, 0.3) is 0 Å². The van der Waals surface area contributed by atoms with Crippen molar-refractivity contribution in [1.29, 1.82) is 0 Å². The molecular formula is C16H23BO5. The summed E-state index contributed by atoms with van der Waals surface area (Å²) in [6, 6.07) is 5.17. The Bertz CT molecular complexity index is 537. The summed E-state index contributed by atoms with van der Waals surface area (Å²) in [5, 5.41) is 9.41. The van der Waals surface area contributed by atoms with Crippen LogP contribution in [0, 0.1) is 0 Å². The van der Waals surface area contributed by atoms with E-state index in [1.165, 1.54) is 0 Å². The molecule has 2 rings (SSSR count). The minimum Gasteiger partial charge on any atom is -0.491 e. The molecule has 0 aliphatic carbocycles. The summed E-state index contributed by atoms with van der Waals surface area (Å²) < 4.78 is 17.7. The van der Waals surface area contributed by atoms with Gasteiger partial charge in [0.1, 0.15) is 18.6 Å². The molecule has 0 aromatic heterocycles. The molecule has 1 saturated heterocycles. The highest BCUT2D eigenvalue weighted by molar-refractivity contribution is 6.64. The van der Waals surface area contributed by atoms with Crippen LogP contribution in [0.2, 0.25) is 0 Å². The lowest BCUT2D eigenvalue weighted by molar-refractivity contribution is 0.00578. The van der Waals surface area contributed by atoms with Gasteiger partial charge in [0.15, 0.2) is 0 Å². The Morgan fingerprint density at radius 3 is 2.36 bits per heavy atom. The fourth-order valence-electron chi connectivity index (χ4n) is 2.21. The van der Waals surface area contributed by atoms with Gasteiger partial charge < -0.3 is 19.2 Å². The van der Waals surface area contributed by atoms with Crippen LogP contribution in [0.4, 0.5) is 0 Å². The maximum Gasteiger partial charge on any atom is 0.499 e. The van der Waals surface area contributed by atoms with Crippen molar-refractivity contribution in [3.63, 3.8) is 0 Å². The Balaban J connectivity index is 2.39. The predicted molar refractivity (Wildman–Crippen MR) is 84.7 cm³/mol. The van der Waals surface area contributed by atoms with E-state index in [9.17, 15) is 9.90 Å². The van der Waals surface area contributed by atoms with E-state index in [1.54, 1.807) is 25.1 Å². The molecule has 1 N–H and O–H groups in total. The molecule has 0 saturated carbocycles. The van der Waals surface area contributed by atoms with E-state index in [4.69, 9.17) is 14.0 Å². The van der Waals surface area contributed by atoms with Crippen LogP contribution >= 0.6 is 0 Å². The first-order valence-corrected chi connectivity index (χ1v) is 7.42. The number of ether oxygens (including phenoxy) is 1. The second-order valence-corrected chi connectivity index (χ2v) is 6.63. The van der Waals surface area contributed by atoms with E-state index in [0.29, 0.717) is 16.8 Å². The summed E-state index contributed by atoms with van der Waals surface area (Å²) in [6.45, 7) is 9.58. The fraction of sp³-hybridized carbons (Fsp3) is 0.562. The molecule has 0 amide bonds.